The van der Waals surface area contributed by atoms with Crippen LogP contribution in [-0.2, 0) is 9.53 Å². The number of aryl methyl sites for hydroxylation is 1. The summed E-state index contributed by atoms with van der Waals surface area (Å²) in [6.07, 6.45) is 0.761. The Hall–Kier alpha value is -2.37. The Morgan fingerprint density at radius 2 is 1.79 bits per heavy atom. The van der Waals surface area contributed by atoms with Gasteiger partial charge >= 0.3 is 0 Å². The molecule has 2 aromatic carbocycles. The number of hydrogen-bond donors (Lipinski definition) is 1. The third kappa shape index (κ3) is 5.37. The number of amides is 2. The summed E-state index contributed by atoms with van der Waals surface area (Å²) >= 11 is 5.94. The second-order valence-electron chi connectivity index (χ2n) is 7.48. The molecule has 6 heteroatoms. The third-order valence-electron chi connectivity index (χ3n) is 5.36. The summed E-state index contributed by atoms with van der Waals surface area (Å²) in [7, 11) is 1.65. The number of ether oxygens (including phenoxy) is 1. The number of nitrogens with one attached hydrogen (secondary N) is 1. The van der Waals surface area contributed by atoms with Crippen LogP contribution in [0.15, 0.2) is 48.5 Å². The minimum Gasteiger partial charge on any atom is -0.385 e. The first-order valence-corrected chi connectivity index (χ1v) is 10.3. The zero-order valence-electron chi connectivity index (χ0n) is 16.9. The van der Waals surface area contributed by atoms with Crippen molar-refractivity contribution in [1.82, 2.24) is 10.2 Å². The fourth-order valence-electron chi connectivity index (χ4n) is 3.72. The van der Waals surface area contributed by atoms with E-state index in [1.807, 2.05) is 19.1 Å². The van der Waals surface area contributed by atoms with E-state index >= 15 is 0 Å². The largest absolute Gasteiger partial charge is 0.385 e. The van der Waals surface area contributed by atoms with Crippen LogP contribution < -0.4 is 5.32 Å². The summed E-state index contributed by atoms with van der Waals surface area (Å²) in [4.78, 5) is 27.7. The Morgan fingerprint density at radius 3 is 2.45 bits per heavy atom. The molecule has 2 atom stereocenters. The van der Waals surface area contributed by atoms with Gasteiger partial charge in [0.1, 0.15) is 0 Å². The number of benzene rings is 2. The molecule has 5 nitrogen and oxygen atoms in total. The predicted octanol–water partition coefficient (Wildman–Crippen LogP) is 3.66. The van der Waals surface area contributed by atoms with Gasteiger partial charge in [0.25, 0.3) is 5.91 Å². The summed E-state index contributed by atoms with van der Waals surface area (Å²) in [6, 6.07) is 15.1. The maximum absolute atomic E-state index is 13.0. The fraction of sp³-hybridized carbons (Fsp3) is 0.391. The van der Waals surface area contributed by atoms with Crippen molar-refractivity contribution in [3.05, 3.63) is 70.2 Å². The van der Waals surface area contributed by atoms with Crippen molar-refractivity contribution in [1.29, 1.82) is 0 Å². The fourth-order valence-corrected chi connectivity index (χ4v) is 3.85. The summed E-state index contributed by atoms with van der Waals surface area (Å²) < 4.78 is 5.04. The van der Waals surface area contributed by atoms with E-state index in [-0.39, 0.29) is 23.7 Å². The lowest BCUT2D eigenvalue weighted by Gasteiger charge is -2.18. The van der Waals surface area contributed by atoms with Crippen molar-refractivity contribution in [3.8, 4) is 0 Å². The normalized spacial score (nSPS) is 18.7. The zero-order chi connectivity index (χ0) is 20.8. The number of carbonyl (C=O) groups is 2. The Balaban J connectivity index is 1.77. The van der Waals surface area contributed by atoms with Crippen LogP contribution in [0.3, 0.4) is 0 Å². The minimum atomic E-state index is -0.281. The van der Waals surface area contributed by atoms with Crippen molar-refractivity contribution < 1.29 is 14.3 Å². The lowest BCUT2D eigenvalue weighted by atomic mass is 9.88. The monoisotopic (exact) mass is 414 g/mol. The molecule has 0 aromatic heterocycles. The number of halogens is 1. The SMILES string of the molecule is COCCCNC(=O)C1CN(C(=O)c2ccc(Cl)cc2)CC1c1ccc(C)cc1. The van der Waals surface area contributed by atoms with Gasteiger partial charge in [0.15, 0.2) is 0 Å². The van der Waals surface area contributed by atoms with Crippen molar-refractivity contribution in [2.24, 2.45) is 5.92 Å². The third-order valence-corrected chi connectivity index (χ3v) is 5.62. The molecule has 29 heavy (non-hydrogen) atoms. The maximum Gasteiger partial charge on any atom is 0.253 e. The number of nitrogens with zero attached hydrogens (tertiary/aromatic N) is 1. The van der Waals surface area contributed by atoms with Gasteiger partial charge in [-0.25, -0.2) is 0 Å². The molecule has 1 heterocycles. The number of hydrogen-bond acceptors (Lipinski definition) is 3. The topological polar surface area (TPSA) is 58.6 Å². The highest BCUT2D eigenvalue weighted by Gasteiger charge is 2.40. The highest BCUT2D eigenvalue weighted by Crippen LogP contribution is 2.34. The number of rotatable bonds is 7. The Morgan fingerprint density at radius 1 is 1.10 bits per heavy atom. The standard InChI is InChI=1S/C23H27ClN2O3/c1-16-4-6-17(7-5-16)20-14-26(23(28)18-8-10-19(24)11-9-18)15-21(20)22(27)25-12-3-13-29-2/h4-11,20-21H,3,12-15H2,1-2H3,(H,25,27). The highest BCUT2D eigenvalue weighted by atomic mass is 35.5. The molecule has 0 radical (unpaired) electrons. The molecule has 2 unspecified atom stereocenters. The van der Waals surface area contributed by atoms with Crippen molar-refractivity contribution in [3.63, 3.8) is 0 Å². The molecule has 1 N–H and O–H groups in total. The van der Waals surface area contributed by atoms with E-state index in [1.54, 1.807) is 36.3 Å². The van der Waals surface area contributed by atoms with Gasteiger partial charge in [0.05, 0.1) is 5.92 Å². The zero-order valence-corrected chi connectivity index (χ0v) is 17.6. The van der Waals surface area contributed by atoms with E-state index in [9.17, 15) is 9.59 Å². The minimum absolute atomic E-state index is 0.0157. The Bertz CT molecular complexity index is 836. The van der Waals surface area contributed by atoms with Crippen molar-refractivity contribution >= 4 is 23.4 Å². The van der Waals surface area contributed by atoms with Gasteiger partial charge in [0, 0.05) is 49.9 Å². The first kappa shape index (κ1) is 21.3. The van der Waals surface area contributed by atoms with Crippen LogP contribution >= 0.6 is 11.6 Å². The van der Waals surface area contributed by atoms with Crippen LogP contribution in [0.5, 0.6) is 0 Å². The number of methoxy groups -OCH3 is 1. The molecule has 1 saturated heterocycles. The highest BCUT2D eigenvalue weighted by molar-refractivity contribution is 6.30. The summed E-state index contributed by atoms with van der Waals surface area (Å²) in [5, 5.41) is 3.59. The first-order valence-electron chi connectivity index (χ1n) is 9.87. The number of carbonyl (C=O) groups excluding carboxylic acids is 2. The van der Waals surface area contributed by atoms with Crippen molar-refractivity contribution in [2.75, 3.05) is 33.4 Å². The molecule has 1 aliphatic rings. The van der Waals surface area contributed by atoms with Gasteiger partial charge in [-0.05, 0) is 43.2 Å². The smallest absolute Gasteiger partial charge is 0.253 e. The van der Waals surface area contributed by atoms with Gasteiger partial charge in [-0.3, -0.25) is 9.59 Å². The van der Waals surface area contributed by atoms with Gasteiger partial charge in [-0.1, -0.05) is 41.4 Å². The van der Waals surface area contributed by atoms with Gasteiger partial charge in [0.2, 0.25) is 5.91 Å². The summed E-state index contributed by atoms with van der Waals surface area (Å²) in [5.74, 6) is -0.405. The van der Waals surface area contributed by atoms with Gasteiger partial charge in [-0.15, -0.1) is 0 Å². The van der Waals surface area contributed by atoms with E-state index in [2.05, 4.69) is 17.4 Å². The number of likely N-dealkylation sites (tertiary alicyclic amines) is 1. The molecule has 0 spiro atoms. The first-order chi connectivity index (χ1) is 14.0. The van der Waals surface area contributed by atoms with E-state index in [4.69, 9.17) is 16.3 Å². The van der Waals surface area contributed by atoms with Crippen LogP contribution in [0.2, 0.25) is 5.02 Å². The molecule has 3 rings (SSSR count). The van der Waals surface area contributed by atoms with Gasteiger partial charge in [-0.2, -0.15) is 0 Å². The van der Waals surface area contributed by atoms with Crippen LogP contribution in [0.1, 0.15) is 33.8 Å². The molecule has 0 bridgehead atoms. The van der Waals surface area contributed by atoms with Crippen LogP contribution in [-0.4, -0.2) is 50.1 Å². The molecule has 0 aliphatic carbocycles. The molecule has 1 fully saturated rings. The molecule has 0 saturated carbocycles. The molecule has 2 aromatic rings. The predicted molar refractivity (Wildman–Crippen MR) is 114 cm³/mol. The molecular formula is C23H27ClN2O3. The maximum atomic E-state index is 13.0. The van der Waals surface area contributed by atoms with Crippen LogP contribution in [0.4, 0.5) is 0 Å². The van der Waals surface area contributed by atoms with E-state index in [0.717, 1.165) is 12.0 Å². The molecule has 2 amide bonds. The summed E-state index contributed by atoms with van der Waals surface area (Å²) in [5.41, 5.74) is 2.83. The Labute approximate surface area is 177 Å². The molecule has 1 aliphatic heterocycles. The Kier molecular flexibility index (Phi) is 7.29. The van der Waals surface area contributed by atoms with Crippen LogP contribution in [0.25, 0.3) is 0 Å². The quantitative estimate of drug-likeness (QED) is 0.703. The van der Waals surface area contributed by atoms with Crippen LogP contribution in [0, 0.1) is 12.8 Å². The van der Waals surface area contributed by atoms with Gasteiger partial charge < -0.3 is 15.0 Å². The molecular weight excluding hydrogens is 388 g/mol. The molecule has 154 valence electrons. The average molecular weight is 415 g/mol. The summed E-state index contributed by atoms with van der Waals surface area (Å²) in [6.45, 7) is 4.12. The van der Waals surface area contributed by atoms with E-state index in [0.29, 0.717) is 36.8 Å². The second-order valence-corrected chi connectivity index (χ2v) is 7.91. The lowest BCUT2D eigenvalue weighted by molar-refractivity contribution is -0.124. The van der Waals surface area contributed by atoms with Crippen molar-refractivity contribution in [2.45, 2.75) is 19.3 Å². The second kappa shape index (κ2) is 9.90. The van der Waals surface area contributed by atoms with E-state index in [1.165, 1.54) is 5.56 Å². The lowest BCUT2D eigenvalue weighted by Crippen LogP contribution is -2.36. The average Bonchev–Trinajstić information content (AvgIpc) is 3.17. The van der Waals surface area contributed by atoms with E-state index < -0.39 is 0 Å².